The molecule has 6 heteroatoms. The maximum atomic E-state index is 13.1. The second-order valence-corrected chi connectivity index (χ2v) is 8.05. The molecular weight excluding hydrogens is 412 g/mol. The number of fused-ring (bicyclic) bond motifs is 1. The Morgan fingerprint density at radius 3 is 2.42 bits per heavy atom. The Hall–Kier alpha value is -4.19. The molecule has 1 aliphatic rings. The van der Waals surface area contributed by atoms with Crippen molar-refractivity contribution in [3.05, 3.63) is 102 Å². The molecule has 0 radical (unpaired) electrons. The average molecular weight is 437 g/mol. The fraction of sp³-hybridized carbons (Fsp3) is 0.148. The van der Waals surface area contributed by atoms with E-state index in [1.807, 2.05) is 72.9 Å². The van der Waals surface area contributed by atoms with Gasteiger partial charge in [-0.05, 0) is 29.3 Å². The zero-order valence-corrected chi connectivity index (χ0v) is 18.1. The van der Waals surface area contributed by atoms with Crippen LogP contribution in [0.25, 0.3) is 10.9 Å². The summed E-state index contributed by atoms with van der Waals surface area (Å²) in [7, 11) is 0. The summed E-state index contributed by atoms with van der Waals surface area (Å²) in [6.07, 6.45) is 2.60. The standard InChI is InChI=1S/C27H24N4O2/c32-26-16-15-25(30-31(26)20-11-5-2-6-12-20)27(33)29-17-22(19-9-3-1-4-10-19)23-18-28-24-14-8-7-13-21(23)24/h1-14,18,22,28H,15-17H2,(H,29,33)/t22-/m1/s1. The topological polar surface area (TPSA) is 77.6 Å². The molecule has 164 valence electrons. The molecule has 0 fully saturated rings. The van der Waals surface area contributed by atoms with E-state index in [0.29, 0.717) is 24.4 Å². The van der Waals surface area contributed by atoms with E-state index in [1.165, 1.54) is 5.01 Å². The first-order valence-corrected chi connectivity index (χ1v) is 11.1. The molecule has 6 nitrogen and oxygen atoms in total. The molecule has 1 aliphatic heterocycles. The van der Waals surface area contributed by atoms with Gasteiger partial charge in [0.25, 0.3) is 5.91 Å². The van der Waals surface area contributed by atoms with Crippen molar-refractivity contribution >= 4 is 34.1 Å². The van der Waals surface area contributed by atoms with Crippen LogP contribution in [-0.4, -0.2) is 29.1 Å². The van der Waals surface area contributed by atoms with Crippen molar-refractivity contribution in [2.75, 3.05) is 11.6 Å². The quantitative estimate of drug-likeness (QED) is 0.463. The average Bonchev–Trinajstić information content (AvgIpc) is 3.29. The molecule has 0 spiro atoms. The highest BCUT2D eigenvalue weighted by Crippen LogP contribution is 2.30. The normalized spacial score (nSPS) is 14.7. The highest BCUT2D eigenvalue weighted by Gasteiger charge is 2.26. The molecule has 4 aromatic rings. The van der Waals surface area contributed by atoms with Crippen LogP contribution in [0.3, 0.4) is 0 Å². The van der Waals surface area contributed by atoms with E-state index < -0.39 is 0 Å². The molecule has 2 heterocycles. The number of hydrogen-bond donors (Lipinski definition) is 2. The molecule has 0 saturated carbocycles. The SMILES string of the molecule is O=C(NC[C@H](c1ccccc1)c1c[nH]c2ccccc12)C1=NN(c2ccccc2)C(=O)CC1. The van der Waals surface area contributed by atoms with Gasteiger partial charge in [0.1, 0.15) is 5.71 Å². The fourth-order valence-corrected chi connectivity index (χ4v) is 4.26. The van der Waals surface area contributed by atoms with Crippen molar-refractivity contribution in [1.82, 2.24) is 10.3 Å². The molecule has 3 aromatic carbocycles. The van der Waals surface area contributed by atoms with Gasteiger partial charge in [0.15, 0.2) is 0 Å². The van der Waals surface area contributed by atoms with E-state index in [9.17, 15) is 9.59 Å². The smallest absolute Gasteiger partial charge is 0.267 e. The molecule has 0 aliphatic carbocycles. The van der Waals surface area contributed by atoms with Gasteiger partial charge in [-0.1, -0.05) is 66.7 Å². The van der Waals surface area contributed by atoms with Crippen molar-refractivity contribution in [3.8, 4) is 0 Å². The molecule has 2 N–H and O–H groups in total. The highest BCUT2D eigenvalue weighted by molar-refractivity contribution is 6.40. The van der Waals surface area contributed by atoms with Crippen molar-refractivity contribution in [3.63, 3.8) is 0 Å². The van der Waals surface area contributed by atoms with E-state index in [-0.39, 0.29) is 24.2 Å². The van der Waals surface area contributed by atoms with E-state index in [4.69, 9.17) is 0 Å². The first kappa shape index (κ1) is 20.7. The van der Waals surface area contributed by atoms with Crippen LogP contribution in [0.15, 0.2) is 96.2 Å². The Morgan fingerprint density at radius 2 is 1.64 bits per heavy atom. The minimum absolute atomic E-state index is 0.0256. The number of anilines is 1. The fourth-order valence-electron chi connectivity index (χ4n) is 4.26. The predicted octanol–water partition coefficient (Wildman–Crippen LogP) is 4.60. The third-order valence-corrected chi connectivity index (χ3v) is 5.96. The van der Waals surface area contributed by atoms with Gasteiger partial charge in [0.05, 0.1) is 5.69 Å². The number of hydrogen-bond acceptors (Lipinski definition) is 3. The summed E-state index contributed by atoms with van der Waals surface area (Å²) in [4.78, 5) is 28.8. The van der Waals surface area contributed by atoms with E-state index in [1.54, 1.807) is 0 Å². The number of H-pyrrole nitrogens is 1. The van der Waals surface area contributed by atoms with E-state index in [2.05, 4.69) is 33.6 Å². The monoisotopic (exact) mass is 436 g/mol. The van der Waals surface area contributed by atoms with Crippen LogP contribution in [-0.2, 0) is 9.59 Å². The Morgan fingerprint density at radius 1 is 0.939 bits per heavy atom. The lowest BCUT2D eigenvalue weighted by Gasteiger charge is -2.24. The highest BCUT2D eigenvalue weighted by atomic mass is 16.2. The van der Waals surface area contributed by atoms with Crippen molar-refractivity contribution in [1.29, 1.82) is 0 Å². The van der Waals surface area contributed by atoms with Crippen molar-refractivity contribution in [2.45, 2.75) is 18.8 Å². The van der Waals surface area contributed by atoms with Crippen LogP contribution in [0.5, 0.6) is 0 Å². The van der Waals surface area contributed by atoms with Crippen LogP contribution in [0.2, 0.25) is 0 Å². The summed E-state index contributed by atoms with van der Waals surface area (Å²) in [6, 6.07) is 27.5. The Labute approximate surface area is 191 Å². The lowest BCUT2D eigenvalue weighted by molar-refractivity contribution is -0.118. The van der Waals surface area contributed by atoms with Crippen LogP contribution in [0.4, 0.5) is 5.69 Å². The number of hydrazone groups is 1. The number of para-hydroxylation sites is 2. The molecule has 1 aromatic heterocycles. The molecule has 33 heavy (non-hydrogen) atoms. The van der Waals surface area contributed by atoms with Gasteiger partial charge >= 0.3 is 0 Å². The van der Waals surface area contributed by atoms with Crippen LogP contribution < -0.4 is 10.3 Å². The summed E-state index contributed by atoms with van der Waals surface area (Å²) in [5.74, 6) is -0.384. The minimum Gasteiger partial charge on any atom is -0.361 e. The number of rotatable bonds is 6. The number of amides is 2. The maximum absolute atomic E-state index is 13.1. The number of benzene rings is 3. The molecule has 0 saturated heterocycles. The number of nitrogens with zero attached hydrogens (tertiary/aromatic N) is 2. The third-order valence-electron chi connectivity index (χ3n) is 5.96. The zero-order valence-electron chi connectivity index (χ0n) is 18.1. The summed E-state index contributed by atoms with van der Waals surface area (Å²) in [5.41, 5.74) is 4.34. The van der Waals surface area contributed by atoms with Gasteiger partial charge in [-0.2, -0.15) is 5.10 Å². The Bertz CT molecular complexity index is 1310. The lowest BCUT2D eigenvalue weighted by atomic mass is 9.91. The molecule has 0 bridgehead atoms. The Kier molecular flexibility index (Phi) is 5.72. The lowest BCUT2D eigenvalue weighted by Crippen LogP contribution is -2.40. The second kappa shape index (κ2) is 9.12. The first-order chi connectivity index (χ1) is 16.2. The largest absolute Gasteiger partial charge is 0.361 e. The van der Waals surface area contributed by atoms with Crippen molar-refractivity contribution in [2.24, 2.45) is 5.10 Å². The first-order valence-electron chi connectivity index (χ1n) is 11.1. The van der Waals surface area contributed by atoms with Crippen LogP contribution in [0.1, 0.15) is 29.9 Å². The molecule has 0 unspecified atom stereocenters. The summed E-state index contributed by atoms with van der Waals surface area (Å²) >= 11 is 0. The Balaban J connectivity index is 1.39. The van der Waals surface area contributed by atoms with E-state index >= 15 is 0 Å². The molecule has 1 atom stereocenters. The van der Waals surface area contributed by atoms with Gasteiger partial charge in [-0.25, -0.2) is 5.01 Å². The van der Waals surface area contributed by atoms with Crippen molar-refractivity contribution < 1.29 is 9.59 Å². The molecular formula is C27H24N4O2. The number of carbonyl (C=O) groups is 2. The van der Waals surface area contributed by atoms with Gasteiger partial charge in [0.2, 0.25) is 5.91 Å². The molecule has 5 rings (SSSR count). The summed E-state index contributed by atoms with van der Waals surface area (Å²) in [5, 5.41) is 9.91. The minimum atomic E-state index is -0.246. The number of aromatic amines is 1. The zero-order chi connectivity index (χ0) is 22.6. The third kappa shape index (κ3) is 4.28. The van der Waals surface area contributed by atoms with Gasteiger partial charge in [-0.3, -0.25) is 9.59 Å². The maximum Gasteiger partial charge on any atom is 0.267 e. The van der Waals surface area contributed by atoms with Gasteiger partial charge in [-0.15, -0.1) is 0 Å². The van der Waals surface area contributed by atoms with Crippen LogP contribution >= 0.6 is 0 Å². The molecule has 2 amide bonds. The number of nitrogens with one attached hydrogen (secondary N) is 2. The predicted molar refractivity (Wildman–Crippen MR) is 130 cm³/mol. The number of aromatic nitrogens is 1. The van der Waals surface area contributed by atoms with Gasteiger partial charge in [0, 0.05) is 42.4 Å². The summed E-state index contributed by atoms with van der Waals surface area (Å²) in [6.45, 7) is 0.420. The number of carbonyl (C=O) groups excluding carboxylic acids is 2. The summed E-state index contributed by atoms with van der Waals surface area (Å²) < 4.78 is 0. The second-order valence-electron chi connectivity index (χ2n) is 8.05. The van der Waals surface area contributed by atoms with Crippen LogP contribution in [0, 0.1) is 0 Å². The van der Waals surface area contributed by atoms with Gasteiger partial charge < -0.3 is 10.3 Å². The van der Waals surface area contributed by atoms with E-state index in [0.717, 1.165) is 22.0 Å².